The number of rotatable bonds is 6. The highest BCUT2D eigenvalue weighted by molar-refractivity contribution is 5.93. The van der Waals surface area contributed by atoms with Crippen molar-refractivity contribution in [2.24, 2.45) is 0 Å². The Bertz CT molecular complexity index is 1200. The Hall–Kier alpha value is -3.88. The standard InChI is InChI=1S/C21H22N8O/c1-13-14(2)28-29(15(13)3)20-9-8-19(26-27-20)22-10-11-23-21(30)18-12-24-16-6-4-5-7-17(16)25-18/h4-9,12H,10-11H2,1-3H3,(H,22,26)(H,23,30). The van der Waals surface area contributed by atoms with E-state index in [9.17, 15) is 4.79 Å². The van der Waals surface area contributed by atoms with Crippen LogP contribution in [0.3, 0.4) is 0 Å². The van der Waals surface area contributed by atoms with Crippen molar-refractivity contribution in [2.45, 2.75) is 20.8 Å². The highest BCUT2D eigenvalue weighted by Gasteiger charge is 2.11. The van der Waals surface area contributed by atoms with Crippen molar-refractivity contribution in [2.75, 3.05) is 18.4 Å². The average molecular weight is 402 g/mol. The minimum atomic E-state index is -0.267. The zero-order valence-corrected chi connectivity index (χ0v) is 17.0. The van der Waals surface area contributed by atoms with Crippen molar-refractivity contribution in [3.05, 3.63) is 65.2 Å². The number of aromatic nitrogens is 6. The smallest absolute Gasteiger partial charge is 0.271 e. The molecule has 0 radical (unpaired) electrons. The molecule has 0 fully saturated rings. The SMILES string of the molecule is Cc1nn(-c2ccc(NCCNC(=O)c3cnc4ccccc4n3)nn2)c(C)c1C. The number of nitrogens with zero attached hydrogens (tertiary/aromatic N) is 6. The van der Waals surface area contributed by atoms with Crippen LogP contribution in [0.5, 0.6) is 0 Å². The molecule has 0 saturated carbocycles. The first-order valence-electron chi connectivity index (χ1n) is 9.63. The normalized spacial score (nSPS) is 10.9. The predicted octanol–water partition coefficient (Wildman–Crippen LogP) is 2.37. The number of anilines is 1. The van der Waals surface area contributed by atoms with Gasteiger partial charge in [-0.25, -0.2) is 9.67 Å². The van der Waals surface area contributed by atoms with Crippen LogP contribution in [0.15, 0.2) is 42.6 Å². The van der Waals surface area contributed by atoms with E-state index in [0.29, 0.717) is 30.2 Å². The van der Waals surface area contributed by atoms with Gasteiger partial charge in [0.05, 0.1) is 22.9 Å². The molecule has 9 nitrogen and oxygen atoms in total. The second kappa shape index (κ2) is 8.24. The van der Waals surface area contributed by atoms with Gasteiger partial charge in [-0.15, -0.1) is 10.2 Å². The summed E-state index contributed by atoms with van der Waals surface area (Å²) in [4.78, 5) is 20.9. The fourth-order valence-electron chi connectivity index (χ4n) is 3.00. The van der Waals surface area contributed by atoms with Crippen LogP contribution in [0.2, 0.25) is 0 Å². The van der Waals surface area contributed by atoms with E-state index in [1.807, 2.05) is 57.2 Å². The number of aryl methyl sites for hydroxylation is 1. The van der Waals surface area contributed by atoms with Crippen LogP contribution in [-0.4, -0.2) is 48.9 Å². The Morgan fingerprint density at radius 3 is 2.50 bits per heavy atom. The lowest BCUT2D eigenvalue weighted by Gasteiger charge is -2.08. The third-order valence-electron chi connectivity index (χ3n) is 4.92. The molecule has 0 aliphatic rings. The Morgan fingerprint density at radius 1 is 1.00 bits per heavy atom. The summed E-state index contributed by atoms with van der Waals surface area (Å²) in [7, 11) is 0. The van der Waals surface area contributed by atoms with E-state index in [1.165, 1.54) is 6.20 Å². The summed E-state index contributed by atoms with van der Waals surface area (Å²) in [6, 6.07) is 11.1. The molecule has 0 aliphatic carbocycles. The van der Waals surface area contributed by atoms with E-state index < -0.39 is 0 Å². The second-order valence-electron chi connectivity index (χ2n) is 6.91. The molecule has 152 valence electrons. The van der Waals surface area contributed by atoms with Gasteiger partial charge in [0, 0.05) is 18.8 Å². The Kier molecular flexibility index (Phi) is 5.34. The number of para-hydroxylation sites is 2. The maximum absolute atomic E-state index is 12.3. The first-order valence-corrected chi connectivity index (χ1v) is 9.63. The van der Waals surface area contributed by atoms with E-state index >= 15 is 0 Å². The zero-order chi connectivity index (χ0) is 21.1. The number of fused-ring (bicyclic) bond motifs is 1. The fourth-order valence-corrected chi connectivity index (χ4v) is 3.00. The Balaban J connectivity index is 1.30. The van der Waals surface area contributed by atoms with Crippen LogP contribution < -0.4 is 10.6 Å². The number of hydrogen-bond donors (Lipinski definition) is 2. The van der Waals surface area contributed by atoms with Crippen molar-refractivity contribution >= 4 is 22.8 Å². The summed E-state index contributed by atoms with van der Waals surface area (Å²) in [6.07, 6.45) is 1.48. The minimum Gasteiger partial charge on any atom is -0.367 e. The lowest BCUT2D eigenvalue weighted by atomic mass is 10.2. The molecular formula is C21H22N8O. The number of benzene rings is 1. The molecule has 0 bridgehead atoms. The van der Waals surface area contributed by atoms with Crippen molar-refractivity contribution < 1.29 is 4.79 Å². The van der Waals surface area contributed by atoms with Gasteiger partial charge in [-0.05, 0) is 50.6 Å². The van der Waals surface area contributed by atoms with Gasteiger partial charge in [0.1, 0.15) is 11.5 Å². The summed E-state index contributed by atoms with van der Waals surface area (Å²) in [6.45, 7) is 6.92. The van der Waals surface area contributed by atoms with Crippen molar-refractivity contribution in [1.82, 2.24) is 35.3 Å². The van der Waals surface area contributed by atoms with Gasteiger partial charge < -0.3 is 10.6 Å². The van der Waals surface area contributed by atoms with E-state index in [2.05, 4.69) is 35.9 Å². The summed E-state index contributed by atoms with van der Waals surface area (Å²) < 4.78 is 1.78. The predicted molar refractivity (Wildman–Crippen MR) is 114 cm³/mol. The first kappa shape index (κ1) is 19.4. The van der Waals surface area contributed by atoms with Crippen LogP contribution in [0.25, 0.3) is 16.9 Å². The van der Waals surface area contributed by atoms with Gasteiger partial charge in [0.25, 0.3) is 5.91 Å². The summed E-state index contributed by atoms with van der Waals surface area (Å²) in [5.41, 5.74) is 4.90. The molecule has 0 aliphatic heterocycles. The van der Waals surface area contributed by atoms with Gasteiger partial charge in [-0.1, -0.05) is 12.1 Å². The molecule has 0 spiro atoms. The summed E-state index contributed by atoms with van der Waals surface area (Å²) in [5.74, 6) is 1.02. The van der Waals surface area contributed by atoms with E-state index in [-0.39, 0.29) is 11.6 Å². The molecule has 4 rings (SSSR count). The average Bonchev–Trinajstić information content (AvgIpc) is 3.04. The molecule has 3 aromatic heterocycles. The summed E-state index contributed by atoms with van der Waals surface area (Å²) >= 11 is 0. The largest absolute Gasteiger partial charge is 0.367 e. The minimum absolute atomic E-state index is 0.267. The van der Waals surface area contributed by atoms with Crippen LogP contribution in [0, 0.1) is 20.8 Å². The van der Waals surface area contributed by atoms with Crippen LogP contribution in [-0.2, 0) is 0 Å². The van der Waals surface area contributed by atoms with E-state index in [1.54, 1.807) is 4.68 Å². The molecule has 0 unspecified atom stereocenters. The second-order valence-corrected chi connectivity index (χ2v) is 6.91. The third-order valence-corrected chi connectivity index (χ3v) is 4.92. The Morgan fingerprint density at radius 2 is 1.80 bits per heavy atom. The highest BCUT2D eigenvalue weighted by atomic mass is 16.1. The van der Waals surface area contributed by atoms with Crippen LogP contribution in [0.4, 0.5) is 5.82 Å². The fraction of sp³-hybridized carbons (Fsp3) is 0.238. The molecule has 30 heavy (non-hydrogen) atoms. The molecule has 4 aromatic rings. The monoisotopic (exact) mass is 402 g/mol. The molecule has 3 heterocycles. The number of nitrogens with one attached hydrogen (secondary N) is 2. The number of hydrogen-bond acceptors (Lipinski definition) is 7. The lowest BCUT2D eigenvalue weighted by molar-refractivity contribution is 0.0950. The number of amides is 1. The highest BCUT2D eigenvalue weighted by Crippen LogP contribution is 2.15. The number of carbonyl (C=O) groups is 1. The maximum atomic E-state index is 12.3. The maximum Gasteiger partial charge on any atom is 0.271 e. The van der Waals surface area contributed by atoms with Gasteiger partial charge >= 0.3 is 0 Å². The molecule has 0 atom stereocenters. The van der Waals surface area contributed by atoms with Crippen molar-refractivity contribution in [1.29, 1.82) is 0 Å². The molecule has 1 amide bonds. The topological polar surface area (TPSA) is 111 Å². The molecule has 2 N–H and O–H groups in total. The van der Waals surface area contributed by atoms with Gasteiger partial charge in [-0.2, -0.15) is 5.10 Å². The van der Waals surface area contributed by atoms with Crippen LogP contribution in [0.1, 0.15) is 27.4 Å². The van der Waals surface area contributed by atoms with Gasteiger partial charge in [-0.3, -0.25) is 9.78 Å². The Labute approximate surface area is 173 Å². The molecule has 9 heteroatoms. The van der Waals surface area contributed by atoms with Gasteiger partial charge in [0.2, 0.25) is 0 Å². The molecule has 0 saturated heterocycles. The molecule has 1 aromatic carbocycles. The lowest BCUT2D eigenvalue weighted by Crippen LogP contribution is -2.29. The number of carbonyl (C=O) groups excluding carboxylic acids is 1. The quantitative estimate of drug-likeness (QED) is 0.476. The van der Waals surface area contributed by atoms with E-state index in [0.717, 1.165) is 22.5 Å². The van der Waals surface area contributed by atoms with Crippen molar-refractivity contribution in [3.63, 3.8) is 0 Å². The van der Waals surface area contributed by atoms with Crippen LogP contribution >= 0.6 is 0 Å². The molecular weight excluding hydrogens is 380 g/mol. The van der Waals surface area contributed by atoms with Crippen molar-refractivity contribution in [3.8, 4) is 5.82 Å². The zero-order valence-electron chi connectivity index (χ0n) is 17.0. The first-order chi connectivity index (χ1) is 14.5. The summed E-state index contributed by atoms with van der Waals surface area (Å²) in [5, 5.41) is 18.9. The van der Waals surface area contributed by atoms with E-state index in [4.69, 9.17) is 0 Å². The third kappa shape index (κ3) is 3.95. The van der Waals surface area contributed by atoms with Gasteiger partial charge in [0.15, 0.2) is 5.82 Å².